The largest absolute Gasteiger partial charge is 0.336 e. The van der Waals surface area contributed by atoms with Gasteiger partial charge in [-0.3, -0.25) is 4.79 Å². The minimum absolute atomic E-state index is 0.0753. The predicted octanol–water partition coefficient (Wildman–Crippen LogP) is 2.90. The Bertz CT molecular complexity index is 873. The molecule has 2 aromatic carbocycles. The van der Waals surface area contributed by atoms with Crippen LogP contribution in [0, 0.1) is 6.92 Å². The van der Waals surface area contributed by atoms with Crippen LogP contribution in [0.4, 0.5) is 0 Å². The SMILES string of the molecule is Cc1ccc(S(=O)(=O)N2CCN(C(=O)c3cccc(Br)c3)CC2)cc1. The summed E-state index contributed by atoms with van der Waals surface area (Å²) >= 11 is 3.36. The maximum absolute atomic E-state index is 12.7. The van der Waals surface area contributed by atoms with Crippen molar-refractivity contribution in [1.29, 1.82) is 0 Å². The molecular weight excluding hydrogens is 404 g/mol. The topological polar surface area (TPSA) is 57.7 Å². The molecule has 5 nitrogen and oxygen atoms in total. The standard InChI is InChI=1S/C18H19BrN2O3S/c1-14-5-7-17(8-6-14)25(23,24)21-11-9-20(10-12-21)18(22)15-3-2-4-16(19)13-15/h2-8,13H,9-12H2,1H3. The molecule has 0 radical (unpaired) electrons. The van der Waals surface area contributed by atoms with Crippen molar-refractivity contribution in [2.75, 3.05) is 26.2 Å². The lowest BCUT2D eigenvalue weighted by Gasteiger charge is -2.34. The van der Waals surface area contributed by atoms with Gasteiger partial charge in [0.25, 0.3) is 5.91 Å². The van der Waals surface area contributed by atoms with E-state index in [1.54, 1.807) is 41.3 Å². The van der Waals surface area contributed by atoms with Crippen LogP contribution in [0.15, 0.2) is 57.9 Å². The average molecular weight is 423 g/mol. The molecule has 1 aliphatic heterocycles. The fraction of sp³-hybridized carbons (Fsp3) is 0.278. The van der Waals surface area contributed by atoms with E-state index in [2.05, 4.69) is 15.9 Å². The molecule has 1 fully saturated rings. The number of carbonyl (C=O) groups is 1. The fourth-order valence-electron chi connectivity index (χ4n) is 2.79. The number of aryl methyl sites for hydroxylation is 1. The number of hydrogen-bond donors (Lipinski definition) is 0. The van der Waals surface area contributed by atoms with Gasteiger partial charge in [0.1, 0.15) is 0 Å². The highest BCUT2D eigenvalue weighted by molar-refractivity contribution is 9.10. The first kappa shape index (κ1) is 18.1. The lowest BCUT2D eigenvalue weighted by atomic mass is 10.2. The Labute approximate surface area is 156 Å². The lowest BCUT2D eigenvalue weighted by molar-refractivity contribution is 0.0698. The predicted molar refractivity (Wildman–Crippen MR) is 100.0 cm³/mol. The molecule has 0 atom stereocenters. The van der Waals surface area contributed by atoms with E-state index in [-0.39, 0.29) is 5.91 Å². The van der Waals surface area contributed by atoms with Crippen molar-refractivity contribution in [3.8, 4) is 0 Å². The van der Waals surface area contributed by atoms with Crippen LogP contribution < -0.4 is 0 Å². The van der Waals surface area contributed by atoms with Gasteiger partial charge in [0.05, 0.1) is 4.90 Å². The highest BCUT2D eigenvalue weighted by atomic mass is 79.9. The molecule has 0 saturated carbocycles. The second kappa shape index (κ2) is 7.27. The number of carbonyl (C=O) groups excluding carboxylic acids is 1. The van der Waals surface area contributed by atoms with E-state index in [1.807, 2.05) is 19.1 Å². The number of halogens is 1. The smallest absolute Gasteiger partial charge is 0.253 e. The highest BCUT2D eigenvalue weighted by Crippen LogP contribution is 2.20. The summed E-state index contributed by atoms with van der Waals surface area (Å²) in [5, 5.41) is 0. The first-order valence-corrected chi connectivity index (χ1v) is 10.2. The van der Waals surface area contributed by atoms with Crippen LogP contribution in [0.5, 0.6) is 0 Å². The molecule has 132 valence electrons. The number of piperazine rings is 1. The second-order valence-electron chi connectivity index (χ2n) is 6.02. The Morgan fingerprint density at radius 2 is 1.64 bits per heavy atom. The van der Waals surface area contributed by atoms with Gasteiger partial charge in [-0.25, -0.2) is 8.42 Å². The first-order chi connectivity index (χ1) is 11.9. The van der Waals surface area contributed by atoms with Gasteiger partial charge in [-0.2, -0.15) is 4.31 Å². The third kappa shape index (κ3) is 3.94. The molecule has 0 unspecified atom stereocenters. The van der Waals surface area contributed by atoms with Gasteiger partial charge in [-0.05, 0) is 37.3 Å². The maximum atomic E-state index is 12.7. The zero-order valence-electron chi connectivity index (χ0n) is 13.9. The van der Waals surface area contributed by atoms with Gasteiger partial charge in [-0.1, -0.05) is 39.7 Å². The highest BCUT2D eigenvalue weighted by Gasteiger charge is 2.30. The number of sulfonamides is 1. The Hall–Kier alpha value is -1.70. The number of nitrogens with zero attached hydrogens (tertiary/aromatic N) is 2. The van der Waals surface area contributed by atoms with Crippen LogP contribution in [0.2, 0.25) is 0 Å². The van der Waals surface area contributed by atoms with E-state index in [1.165, 1.54) is 4.31 Å². The van der Waals surface area contributed by atoms with Crippen LogP contribution in [0.1, 0.15) is 15.9 Å². The van der Waals surface area contributed by atoms with E-state index in [9.17, 15) is 13.2 Å². The number of amides is 1. The van der Waals surface area contributed by atoms with E-state index in [4.69, 9.17) is 0 Å². The molecule has 0 spiro atoms. The molecule has 3 rings (SSSR count). The quantitative estimate of drug-likeness (QED) is 0.763. The van der Waals surface area contributed by atoms with Crippen molar-refractivity contribution < 1.29 is 13.2 Å². The molecule has 0 bridgehead atoms. The van der Waals surface area contributed by atoms with Crippen LogP contribution in [-0.2, 0) is 10.0 Å². The summed E-state index contributed by atoms with van der Waals surface area (Å²) in [6.07, 6.45) is 0. The van der Waals surface area contributed by atoms with Gasteiger partial charge >= 0.3 is 0 Å². The number of benzene rings is 2. The van der Waals surface area contributed by atoms with Crippen molar-refractivity contribution in [3.05, 3.63) is 64.1 Å². The molecule has 1 saturated heterocycles. The number of rotatable bonds is 3. The van der Waals surface area contributed by atoms with Crippen molar-refractivity contribution in [2.45, 2.75) is 11.8 Å². The zero-order valence-corrected chi connectivity index (χ0v) is 16.3. The average Bonchev–Trinajstić information content (AvgIpc) is 2.61. The van der Waals surface area contributed by atoms with Gasteiger partial charge in [0.15, 0.2) is 0 Å². The molecule has 1 amide bonds. The van der Waals surface area contributed by atoms with E-state index < -0.39 is 10.0 Å². The maximum Gasteiger partial charge on any atom is 0.253 e. The molecule has 0 N–H and O–H groups in total. The third-order valence-electron chi connectivity index (χ3n) is 4.26. The summed E-state index contributed by atoms with van der Waals surface area (Å²) in [6, 6.07) is 14.1. The summed E-state index contributed by atoms with van der Waals surface area (Å²) in [5.74, 6) is -0.0753. The molecule has 1 aliphatic rings. The monoisotopic (exact) mass is 422 g/mol. The van der Waals surface area contributed by atoms with Gasteiger partial charge < -0.3 is 4.90 Å². The normalized spacial score (nSPS) is 16.0. The zero-order chi connectivity index (χ0) is 18.0. The summed E-state index contributed by atoms with van der Waals surface area (Å²) < 4.78 is 27.7. The Kier molecular flexibility index (Phi) is 5.27. The fourth-order valence-corrected chi connectivity index (χ4v) is 4.62. The van der Waals surface area contributed by atoms with Crippen LogP contribution >= 0.6 is 15.9 Å². The Balaban J connectivity index is 1.69. The minimum Gasteiger partial charge on any atom is -0.336 e. The summed E-state index contributed by atoms with van der Waals surface area (Å²) in [6.45, 7) is 3.29. The Morgan fingerprint density at radius 1 is 1.00 bits per heavy atom. The van der Waals surface area contributed by atoms with E-state index in [0.717, 1.165) is 10.0 Å². The van der Waals surface area contributed by atoms with Gasteiger partial charge in [0, 0.05) is 36.2 Å². The number of hydrogen-bond acceptors (Lipinski definition) is 3. The minimum atomic E-state index is -3.51. The summed E-state index contributed by atoms with van der Waals surface area (Å²) in [5.41, 5.74) is 1.62. The first-order valence-electron chi connectivity index (χ1n) is 7.99. The molecule has 1 heterocycles. The van der Waals surface area contributed by atoms with Crippen molar-refractivity contribution in [2.24, 2.45) is 0 Å². The second-order valence-corrected chi connectivity index (χ2v) is 8.87. The van der Waals surface area contributed by atoms with Crippen molar-refractivity contribution in [1.82, 2.24) is 9.21 Å². The van der Waals surface area contributed by atoms with Gasteiger partial charge in [0.2, 0.25) is 10.0 Å². The third-order valence-corrected chi connectivity index (χ3v) is 6.66. The lowest BCUT2D eigenvalue weighted by Crippen LogP contribution is -2.50. The van der Waals surface area contributed by atoms with Crippen LogP contribution in [-0.4, -0.2) is 49.7 Å². The molecule has 7 heteroatoms. The van der Waals surface area contributed by atoms with Gasteiger partial charge in [-0.15, -0.1) is 0 Å². The Morgan fingerprint density at radius 3 is 2.24 bits per heavy atom. The molecule has 25 heavy (non-hydrogen) atoms. The van der Waals surface area contributed by atoms with Crippen molar-refractivity contribution in [3.63, 3.8) is 0 Å². The summed E-state index contributed by atoms with van der Waals surface area (Å²) in [4.78, 5) is 14.5. The molecular formula is C18H19BrN2O3S. The van der Waals surface area contributed by atoms with Crippen LogP contribution in [0.3, 0.4) is 0 Å². The molecule has 0 aliphatic carbocycles. The van der Waals surface area contributed by atoms with E-state index in [0.29, 0.717) is 36.6 Å². The van der Waals surface area contributed by atoms with Crippen LogP contribution in [0.25, 0.3) is 0 Å². The molecule has 2 aromatic rings. The summed E-state index contributed by atoms with van der Waals surface area (Å²) in [7, 11) is -3.51. The van der Waals surface area contributed by atoms with E-state index >= 15 is 0 Å². The van der Waals surface area contributed by atoms with Crippen molar-refractivity contribution >= 4 is 31.9 Å². The molecule has 0 aromatic heterocycles.